The van der Waals surface area contributed by atoms with Gasteiger partial charge in [0.1, 0.15) is 5.60 Å². The van der Waals surface area contributed by atoms with Gasteiger partial charge in [-0.25, -0.2) is 4.79 Å². The van der Waals surface area contributed by atoms with Crippen LogP contribution in [0.25, 0.3) is 0 Å². The van der Waals surface area contributed by atoms with E-state index in [-0.39, 0.29) is 12.5 Å². The number of benzene rings is 1. The molecule has 1 saturated heterocycles. The lowest BCUT2D eigenvalue weighted by molar-refractivity contribution is -0.136. The zero-order valence-electron chi connectivity index (χ0n) is 17.0. The van der Waals surface area contributed by atoms with Crippen molar-refractivity contribution in [1.29, 1.82) is 0 Å². The molecule has 0 bridgehead atoms. The Morgan fingerprint density at radius 1 is 1.04 bits per heavy atom. The van der Waals surface area contributed by atoms with Crippen molar-refractivity contribution in [3.8, 4) is 0 Å². The van der Waals surface area contributed by atoms with Crippen LogP contribution in [-0.2, 0) is 16.0 Å². The van der Waals surface area contributed by atoms with E-state index >= 15 is 0 Å². The Bertz CT molecular complexity index is 748. The van der Waals surface area contributed by atoms with Crippen LogP contribution in [0.5, 0.6) is 0 Å². The van der Waals surface area contributed by atoms with Gasteiger partial charge in [0.25, 0.3) is 0 Å². The Hall–Kier alpha value is -1.51. The molecule has 1 aliphatic rings. The fourth-order valence-electron chi connectivity index (χ4n) is 3.55. The molecule has 1 aromatic rings. The van der Waals surface area contributed by atoms with Crippen LogP contribution >= 0.6 is 22.6 Å². The molecule has 1 amide bonds. The number of hydrogen-bond acceptors (Lipinski definition) is 4. The van der Waals surface area contributed by atoms with Gasteiger partial charge in [-0.2, -0.15) is 0 Å². The van der Waals surface area contributed by atoms with Crippen molar-refractivity contribution in [3.63, 3.8) is 0 Å². The Morgan fingerprint density at radius 3 is 2.07 bits per heavy atom. The highest BCUT2D eigenvalue weighted by Gasteiger charge is 2.28. The predicted octanol–water partition coefficient (Wildman–Crippen LogP) is 3.90. The second-order valence-corrected chi connectivity index (χ2v) is 9.12. The highest BCUT2D eigenvalue weighted by Crippen LogP contribution is 2.35. The number of carboxylic acids is 1. The number of amides is 1. The van der Waals surface area contributed by atoms with Crippen molar-refractivity contribution in [2.75, 3.05) is 31.1 Å². The van der Waals surface area contributed by atoms with Gasteiger partial charge in [-0.15, -0.1) is 0 Å². The first-order valence-electron chi connectivity index (χ1n) is 9.15. The molecule has 7 heteroatoms. The molecule has 0 atom stereocenters. The number of anilines is 1. The molecule has 6 nitrogen and oxygen atoms in total. The number of carbonyl (C=O) groups excluding carboxylic acids is 1. The molecule has 0 radical (unpaired) electrons. The maximum absolute atomic E-state index is 12.3. The largest absolute Gasteiger partial charge is 0.481 e. The van der Waals surface area contributed by atoms with E-state index in [4.69, 9.17) is 4.74 Å². The molecule has 1 N–H and O–H groups in total. The number of rotatable bonds is 3. The molecule has 1 aromatic carbocycles. The topological polar surface area (TPSA) is 70.1 Å². The van der Waals surface area contributed by atoms with Crippen LogP contribution in [0.1, 0.15) is 43.0 Å². The first-order valence-corrected chi connectivity index (χ1v) is 10.2. The van der Waals surface area contributed by atoms with Crippen molar-refractivity contribution in [1.82, 2.24) is 4.90 Å². The smallest absolute Gasteiger partial charge is 0.410 e. The molecule has 0 spiro atoms. The summed E-state index contributed by atoms with van der Waals surface area (Å²) in [4.78, 5) is 27.6. The van der Waals surface area contributed by atoms with E-state index in [0.717, 1.165) is 25.9 Å². The standard InChI is InChI=1S/C20H29IN2O4/c1-12-15(11-16(24)25)13(2)18(14(3)17(12)21)22-7-9-23(10-8-22)19(26)27-20(4,5)6/h7-11H2,1-6H3,(H,24,25). The summed E-state index contributed by atoms with van der Waals surface area (Å²) in [5, 5.41) is 9.29. The van der Waals surface area contributed by atoms with Gasteiger partial charge in [0.15, 0.2) is 0 Å². The van der Waals surface area contributed by atoms with Crippen molar-refractivity contribution >= 4 is 40.3 Å². The summed E-state index contributed by atoms with van der Waals surface area (Å²) in [5.41, 5.74) is 4.74. The molecule has 150 valence electrons. The van der Waals surface area contributed by atoms with Gasteiger partial charge in [-0.3, -0.25) is 4.79 Å². The lowest BCUT2D eigenvalue weighted by atomic mass is 9.94. The minimum absolute atomic E-state index is 0.0266. The summed E-state index contributed by atoms with van der Waals surface area (Å²) in [7, 11) is 0. The summed E-state index contributed by atoms with van der Waals surface area (Å²) in [6, 6.07) is 0. The number of ether oxygens (including phenoxy) is 1. The predicted molar refractivity (Wildman–Crippen MR) is 115 cm³/mol. The van der Waals surface area contributed by atoms with Crippen LogP contribution in [0, 0.1) is 24.3 Å². The van der Waals surface area contributed by atoms with E-state index in [1.165, 1.54) is 5.56 Å². The summed E-state index contributed by atoms with van der Waals surface area (Å²) in [6.45, 7) is 14.3. The Kier molecular flexibility index (Phi) is 6.65. The third-order valence-electron chi connectivity index (χ3n) is 4.85. The molecule has 0 saturated carbocycles. The Balaban J connectivity index is 2.24. The monoisotopic (exact) mass is 488 g/mol. The van der Waals surface area contributed by atoms with Crippen LogP contribution in [0.4, 0.5) is 10.5 Å². The number of hydrogen-bond donors (Lipinski definition) is 1. The maximum Gasteiger partial charge on any atom is 0.410 e. The van der Waals surface area contributed by atoms with E-state index in [0.29, 0.717) is 26.2 Å². The van der Waals surface area contributed by atoms with E-state index in [2.05, 4.69) is 34.4 Å². The van der Waals surface area contributed by atoms with Crippen LogP contribution in [0.15, 0.2) is 0 Å². The van der Waals surface area contributed by atoms with E-state index in [9.17, 15) is 14.7 Å². The maximum atomic E-state index is 12.3. The van der Waals surface area contributed by atoms with Gasteiger partial charge in [-0.1, -0.05) is 0 Å². The molecule has 1 heterocycles. The van der Waals surface area contributed by atoms with Crippen molar-refractivity contribution in [2.45, 2.75) is 53.6 Å². The molecule has 27 heavy (non-hydrogen) atoms. The highest BCUT2D eigenvalue weighted by molar-refractivity contribution is 14.1. The third kappa shape index (κ3) is 5.06. The zero-order chi connectivity index (χ0) is 20.5. The molecular formula is C20H29IN2O4. The van der Waals surface area contributed by atoms with Crippen LogP contribution < -0.4 is 4.90 Å². The second-order valence-electron chi connectivity index (χ2n) is 8.04. The summed E-state index contributed by atoms with van der Waals surface area (Å²) in [6.07, 6.45) is -0.251. The minimum Gasteiger partial charge on any atom is -0.481 e. The molecule has 2 rings (SSSR count). The molecule has 1 fully saturated rings. The highest BCUT2D eigenvalue weighted by atomic mass is 127. The first kappa shape index (κ1) is 21.8. The van der Waals surface area contributed by atoms with Crippen molar-refractivity contribution in [2.24, 2.45) is 0 Å². The van der Waals surface area contributed by atoms with Crippen LogP contribution in [0.3, 0.4) is 0 Å². The third-order valence-corrected chi connectivity index (χ3v) is 6.47. The average Bonchev–Trinajstić information content (AvgIpc) is 2.56. The van der Waals surface area contributed by atoms with Gasteiger partial charge in [0.2, 0.25) is 0 Å². The fourth-order valence-corrected chi connectivity index (χ4v) is 4.13. The van der Waals surface area contributed by atoms with E-state index in [1.807, 2.05) is 34.6 Å². The number of halogens is 1. The van der Waals surface area contributed by atoms with Gasteiger partial charge in [0, 0.05) is 35.4 Å². The molecule has 1 aliphatic heterocycles. The number of nitrogens with zero attached hydrogens (tertiary/aromatic N) is 2. The number of carbonyl (C=O) groups is 2. The van der Waals surface area contributed by atoms with E-state index in [1.54, 1.807) is 4.90 Å². The SMILES string of the molecule is Cc1c(I)c(C)c(N2CCN(C(=O)OC(C)(C)C)CC2)c(C)c1CC(=O)O. The molecule has 0 unspecified atom stereocenters. The lowest BCUT2D eigenvalue weighted by Crippen LogP contribution is -2.50. The van der Waals surface area contributed by atoms with Gasteiger partial charge < -0.3 is 19.6 Å². The Morgan fingerprint density at radius 2 is 1.59 bits per heavy atom. The number of aliphatic carboxylic acids is 1. The number of carboxylic acid groups (broad SMARTS) is 1. The lowest BCUT2D eigenvalue weighted by Gasteiger charge is -2.38. The summed E-state index contributed by atoms with van der Waals surface area (Å²) in [5.74, 6) is -0.818. The fraction of sp³-hybridized carbons (Fsp3) is 0.600. The summed E-state index contributed by atoms with van der Waals surface area (Å²) < 4.78 is 6.58. The first-order chi connectivity index (χ1) is 12.4. The second kappa shape index (κ2) is 8.24. The van der Waals surface area contributed by atoms with Crippen LogP contribution in [0.2, 0.25) is 0 Å². The molecule has 0 aromatic heterocycles. The van der Waals surface area contributed by atoms with Gasteiger partial charge in [-0.05, 0) is 86.4 Å². The van der Waals surface area contributed by atoms with Crippen molar-refractivity contribution < 1.29 is 19.4 Å². The summed E-state index contributed by atoms with van der Waals surface area (Å²) >= 11 is 2.30. The van der Waals surface area contributed by atoms with E-state index < -0.39 is 11.6 Å². The van der Waals surface area contributed by atoms with Crippen molar-refractivity contribution in [3.05, 3.63) is 25.8 Å². The Labute approximate surface area is 175 Å². The molecular weight excluding hydrogens is 459 g/mol. The van der Waals surface area contributed by atoms with Gasteiger partial charge >= 0.3 is 12.1 Å². The normalized spacial score (nSPS) is 15.1. The minimum atomic E-state index is -0.818. The van der Waals surface area contributed by atoms with Crippen LogP contribution in [-0.4, -0.2) is 53.8 Å². The van der Waals surface area contributed by atoms with Gasteiger partial charge in [0.05, 0.1) is 6.42 Å². The zero-order valence-corrected chi connectivity index (χ0v) is 19.1. The number of piperazine rings is 1. The quantitative estimate of drug-likeness (QED) is 0.654. The average molecular weight is 488 g/mol. The molecule has 0 aliphatic carbocycles.